The number of rotatable bonds is 0. The van der Waals surface area contributed by atoms with Crippen LogP contribution >= 0.6 is 12.2 Å². The van der Waals surface area contributed by atoms with Gasteiger partial charge in [-0.3, -0.25) is 0 Å². The van der Waals surface area contributed by atoms with Gasteiger partial charge in [0.05, 0.1) is 0 Å². The predicted molar refractivity (Wildman–Crippen MR) is 47.4 cm³/mol. The lowest BCUT2D eigenvalue weighted by molar-refractivity contribution is 0.690. The Labute approximate surface area is 71.2 Å². The third kappa shape index (κ3) is 0.872. The van der Waals surface area contributed by atoms with Gasteiger partial charge in [0.1, 0.15) is 0 Å². The van der Waals surface area contributed by atoms with Gasteiger partial charge in [0.25, 0.3) is 0 Å². The lowest BCUT2D eigenvalue weighted by atomic mass is 10.1. The fourth-order valence-corrected chi connectivity index (χ4v) is 2.26. The highest BCUT2D eigenvalue weighted by atomic mass is 32.1. The molecule has 2 heterocycles. The summed E-state index contributed by atoms with van der Waals surface area (Å²) in [6.07, 6.45) is 1.24. The molecular formula is C8H12N2S. The number of aromatic amines is 1. The number of H-pyrrole nitrogens is 1. The van der Waals surface area contributed by atoms with Crippen LogP contribution in [-0.2, 0) is 6.54 Å². The smallest absolute Gasteiger partial charge is 0.177 e. The van der Waals surface area contributed by atoms with Crippen LogP contribution in [0.4, 0.5) is 0 Å². The van der Waals surface area contributed by atoms with E-state index in [4.69, 9.17) is 12.2 Å². The van der Waals surface area contributed by atoms with E-state index in [0.717, 1.165) is 11.3 Å². The number of nitrogens with zero attached hydrogens (tertiary/aromatic N) is 1. The molecule has 2 nitrogen and oxygen atoms in total. The summed E-state index contributed by atoms with van der Waals surface area (Å²) in [7, 11) is 0. The third-order valence-corrected chi connectivity index (χ3v) is 2.79. The molecule has 0 aliphatic carbocycles. The summed E-state index contributed by atoms with van der Waals surface area (Å²) in [5.74, 6) is 0.683. The standard InChI is InChI=1S/C8H12N2S/c1-5-3-4-10-7(5)6(2)9-8(10)11/h5H,3-4H2,1-2H3,(H,9,11). The molecule has 0 amide bonds. The molecule has 11 heavy (non-hydrogen) atoms. The monoisotopic (exact) mass is 168 g/mol. The molecule has 2 rings (SSSR count). The number of fused-ring (bicyclic) bond motifs is 1. The minimum Gasteiger partial charge on any atom is -0.335 e. The van der Waals surface area contributed by atoms with Gasteiger partial charge in [-0.2, -0.15) is 0 Å². The number of hydrogen-bond acceptors (Lipinski definition) is 1. The number of aromatic nitrogens is 2. The lowest BCUT2D eigenvalue weighted by Crippen LogP contribution is -1.91. The largest absolute Gasteiger partial charge is 0.335 e. The van der Waals surface area contributed by atoms with Crippen molar-refractivity contribution < 1.29 is 0 Å². The molecule has 0 bridgehead atoms. The molecule has 0 fully saturated rings. The number of nitrogens with one attached hydrogen (secondary N) is 1. The summed E-state index contributed by atoms with van der Waals surface area (Å²) < 4.78 is 3.11. The summed E-state index contributed by atoms with van der Waals surface area (Å²) in [4.78, 5) is 3.19. The average Bonchev–Trinajstić information content (AvgIpc) is 2.41. The molecule has 0 spiro atoms. The summed E-state index contributed by atoms with van der Waals surface area (Å²) in [6.45, 7) is 5.46. The van der Waals surface area contributed by atoms with Crippen molar-refractivity contribution in [1.29, 1.82) is 0 Å². The van der Waals surface area contributed by atoms with Crippen LogP contribution < -0.4 is 0 Å². The minimum absolute atomic E-state index is 0.683. The molecule has 3 heteroatoms. The zero-order chi connectivity index (χ0) is 8.01. The second-order valence-electron chi connectivity index (χ2n) is 3.28. The molecule has 1 atom stereocenters. The Morgan fingerprint density at radius 1 is 1.64 bits per heavy atom. The van der Waals surface area contributed by atoms with E-state index in [2.05, 4.69) is 23.4 Å². The Bertz CT molecular complexity index is 334. The Kier molecular flexibility index (Phi) is 1.42. The zero-order valence-electron chi connectivity index (χ0n) is 6.85. The van der Waals surface area contributed by atoms with E-state index in [9.17, 15) is 0 Å². The van der Waals surface area contributed by atoms with E-state index >= 15 is 0 Å². The maximum atomic E-state index is 5.16. The molecule has 0 radical (unpaired) electrons. The van der Waals surface area contributed by atoms with Gasteiger partial charge in [-0.05, 0) is 31.5 Å². The van der Waals surface area contributed by atoms with E-state index in [1.807, 2.05) is 0 Å². The van der Waals surface area contributed by atoms with Crippen molar-refractivity contribution in [2.45, 2.75) is 32.7 Å². The molecule has 1 aliphatic rings. The first kappa shape index (κ1) is 7.10. The van der Waals surface area contributed by atoms with Gasteiger partial charge < -0.3 is 9.55 Å². The molecule has 1 aromatic heterocycles. The summed E-state index contributed by atoms with van der Waals surface area (Å²) in [5.41, 5.74) is 2.66. The highest BCUT2D eigenvalue weighted by Crippen LogP contribution is 2.29. The molecular weight excluding hydrogens is 156 g/mol. The Morgan fingerprint density at radius 3 is 3.00 bits per heavy atom. The minimum atomic E-state index is 0.683. The van der Waals surface area contributed by atoms with Crippen LogP contribution in [0.5, 0.6) is 0 Å². The topological polar surface area (TPSA) is 20.7 Å². The molecule has 0 saturated heterocycles. The van der Waals surface area contributed by atoms with Crippen LogP contribution in [0.1, 0.15) is 30.7 Å². The van der Waals surface area contributed by atoms with Crippen molar-refractivity contribution >= 4 is 12.2 Å². The summed E-state index contributed by atoms with van der Waals surface area (Å²) in [6, 6.07) is 0. The van der Waals surface area contributed by atoms with E-state index in [1.54, 1.807) is 0 Å². The normalized spacial score (nSPS) is 22.2. The van der Waals surface area contributed by atoms with Crippen LogP contribution in [0.3, 0.4) is 0 Å². The van der Waals surface area contributed by atoms with Gasteiger partial charge in [-0.25, -0.2) is 0 Å². The van der Waals surface area contributed by atoms with Gasteiger partial charge in [-0.15, -0.1) is 0 Å². The summed E-state index contributed by atoms with van der Waals surface area (Å²) in [5, 5.41) is 0. The first-order valence-corrected chi connectivity index (χ1v) is 4.40. The molecule has 1 aliphatic heterocycles. The van der Waals surface area contributed by atoms with Crippen molar-refractivity contribution in [1.82, 2.24) is 9.55 Å². The van der Waals surface area contributed by atoms with E-state index in [1.165, 1.54) is 17.8 Å². The number of hydrogen-bond donors (Lipinski definition) is 1. The fourth-order valence-electron chi connectivity index (χ4n) is 1.92. The highest BCUT2D eigenvalue weighted by Gasteiger charge is 2.21. The van der Waals surface area contributed by atoms with Gasteiger partial charge in [-0.1, -0.05) is 6.92 Å². The van der Waals surface area contributed by atoms with Crippen molar-refractivity contribution in [3.05, 3.63) is 16.2 Å². The van der Waals surface area contributed by atoms with Crippen LogP contribution in [0.15, 0.2) is 0 Å². The predicted octanol–water partition coefficient (Wildman–Crippen LogP) is 2.36. The van der Waals surface area contributed by atoms with Gasteiger partial charge in [0.2, 0.25) is 0 Å². The van der Waals surface area contributed by atoms with Crippen LogP contribution in [-0.4, -0.2) is 9.55 Å². The van der Waals surface area contributed by atoms with Crippen molar-refractivity contribution in [2.75, 3.05) is 0 Å². The maximum absolute atomic E-state index is 5.16. The van der Waals surface area contributed by atoms with Gasteiger partial charge in [0, 0.05) is 17.9 Å². The third-order valence-electron chi connectivity index (χ3n) is 2.47. The number of imidazole rings is 1. The Morgan fingerprint density at radius 2 is 2.36 bits per heavy atom. The SMILES string of the molecule is Cc1[nH]c(=S)n2c1C(C)CC2. The van der Waals surface area contributed by atoms with E-state index in [0.29, 0.717) is 5.92 Å². The highest BCUT2D eigenvalue weighted by molar-refractivity contribution is 7.71. The van der Waals surface area contributed by atoms with Crippen molar-refractivity contribution in [2.24, 2.45) is 0 Å². The quantitative estimate of drug-likeness (QED) is 0.590. The molecule has 0 saturated carbocycles. The fraction of sp³-hybridized carbons (Fsp3) is 0.625. The first-order chi connectivity index (χ1) is 5.20. The zero-order valence-corrected chi connectivity index (χ0v) is 7.66. The Hall–Kier alpha value is -0.570. The number of aryl methyl sites for hydroxylation is 1. The van der Waals surface area contributed by atoms with Crippen LogP contribution in [0, 0.1) is 11.7 Å². The van der Waals surface area contributed by atoms with Gasteiger partial charge >= 0.3 is 0 Å². The van der Waals surface area contributed by atoms with Crippen LogP contribution in [0.2, 0.25) is 0 Å². The maximum Gasteiger partial charge on any atom is 0.177 e. The average molecular weight is 168 g/mol. The van der Waals surface area contributed by atoms with Crippen molar-refractivity contribution in [3.8, 4) is 0 Å². The second-order valence-corrected chi connectivity index (χ2v) is 3.67. The molecule has 1 N–H and O–H groups in total. The molecule has 1 unspecified atom stereocenters. The summed E-state index contributed by atoms with van der Waals surface area (Å²) >= 11 is 5.16. The Balaban J connectivity index is 2.69. The lowest BCUT2D eigenvalue weighted by Gasteiger charge is -1.99. The van der Waals surface area contributed by atoms with E-state index in [-0.39, 0.29) is 0 Å². The second kappa shape index (κ2) is 2.21. The van der Waals surface area contributed by atoms with Crippen LogP contribution in [0.25, 0.3) is 0 Å². The molecule has 1 aromatic rings. The van der Waals surface area contributed by atoms with Crippen molar-refractivity contribution in [3.63, 3.8) is 0 Å². The molecule has 0 aromatic carbocycles. The van der Waals surface area contributed by atoms with E-state index < -0.39 is 0 Å². The van der Waals surface area contributed by atoms with Gasteiger partial charge in [0.15, 0.2) is 4.77 Å². The molecule has 60 valence electrons. The first-order valence-electron chi connectivity index (χ1n) is 3.99.